The molecule has 2 aromatic rings. The van der Waals surface area contributed by atoms with Crippen molar-refractivity contribution >= 4 is 11.4 Å². The van der Waals surface area contributed by atoms with Crippen molar-refractivity contribution in [3.05, 3.63) is 68.8 Å². The quantitative estimate of drug-likeness (QED) is 0.620. The topological polar surface area (TPSA) is 95.5 Å². The lowest BCUT2D eigenvalue weighted by Crippen LogP contribution is -1.96. The fraction of sp³-hybridized carbons (Fsp3) is 0. The normalized spacial score (nSPS) is 9.89. The third-order valence-electron chi connectivity index (χ3n) is 2.32. The van der Waals surface area contributed by atoms with Crippen molar-refractivity contribution in [2.24, 2.45) is 0 Å². The molecule has 0 bridgehead atoms. The van der Waals surface area contributed by atoms with Gasteiger partial charge >= 0.3 is 5.69 Å². The van der Waals surface area contributed by atoms with E-state index >= 15 is 0 Å². The Bertz CT molecular complexity index is 627. The summed E-state index contributed by atoms with van der Waals surface area (Å²) in [6.07, 6.45) is 0. The molecule has 0 aliphatic carbocycles. The Kier molecular flexibility index (Phi) is 3.37. The Balaban J connectivity index is 2.40. The van der Waals surface area contributed by atoms with Crippen molar-refractivity contribution in [3.63, 3.8) is 0 Å². The molecule has 7 nitrogen and oxygen atoms in total. The van der Waals surface area contributed by atoms with E-state index in [1.807, 2.05) is 0 Å². The second-order valence-corrected chi connectivity index (χ2v) is 3.58. The minimum Gasteiger partial charge on any atom is -0.450 e. The number of nitro groups is 2. The van der Waals surface area contributed by atoms with Crippen molar-refractivity contribution in [3.8, 4) is 11.5 Å². The first-order chi connectivity index (χ1) is 9.08. The van der Waals surface area contributed by atoms with Crippen LogP contribution in [0.25, 0.3) is 0 Å². The van der Waals surface area contributed by atoms with E-state index in [-0.39, 0.29) is 11.4 Å². The van der Waals surface area contributed by atoms with Crippen LogP contribution in [-0.4, -0.2) is 9.85 Å². The van der Waals surface area contributed by atoms with Crippen LogP contribution < -0.4 is 4.74 Å². The largest absolute Gasteiger partial charge is 0.450 e. The molecule has 0 fully saturated rings. The second kappa shape index (κ2) is 5.13. The SMILES string of the molecule is O=[N+]([O-])c1ccc(Oc2ccccc2)c([N+](=O)[O-])c1. The fourth-order valence-electron chi connectivity index (χ4n) is 1.46. The molecule has 2 rings (SSSR count). The molecule has 0 heterocycles. The minimum absolute atomic E-state index is 0.0400. The van der Waals surface area contributed by atoms with Crippen LogP contribution in [-0.2, 0) is 0 Å². The third kappa shape index (κ3) is 2.83. The Hall–Kier alpha value is -2.96. The van der Waals surface area contributed by atoms with Crippen molar-refractivity contribution in [1.82, 2.24) is 0 Å². The molecule has 0 aromatic heterocycles. The molecule has 0 amide bonds. The van der Waals surface area contributed by atoms with Gasteiger partial charge in [-0.3, -0.25) is 20.2 Å². The summed E-state index contributed by atoms with van der Waals surface area (Å²) >= 11 is 0. The van der Waals surface area contributed by atoms with E-state index in [0.29, 0.717) is 5.75 Å². The van der Waals surface area contributed by atoms with E-state index in [1.165, 1.54) is 6.07 Å². The maximum atomic E-state index is 10.9. The van der Waals surface area contributed by atoms with Crippen LogP contribution in [0.3, 0.4) is 0 Å². The molecule has 0 saturated carbocycles. The van der Waals surface area contributed by atoms with Crippen LogP contribution in [0.15, 0.2) is 48.5 Å². The molecule has 0 radical (unpaired) electrons. The van der Waals surface area contributed by atoms with Crippen LogP contribution in [0.1, 0.15) is 0 Å². The van der Waals surface area contributed by atoms with Gasteiger partial charge < -0.3 is 4.74 Å². The molecule has 96 valence electrons. The van der Waals surface area contributed by atoms with Crippen molar-refractivity contribution < 1.29 is 14.6 Å². The summed E-state index contributed by atoms with van der Waals surface area (Å²) in [6.45, 7) is 0. The maximum absolute atomic E-state index is 10.9. The monoisotopic (exact) mass is 260 g/mol. The summed E-state index contributed by atoms with van der Waals surface area (Å²) < 4.78 is 5.34. The van der Waals surface area contributed by atoms with Crippen LogP contribution in [0, 0.1) is 20.2 Å². The maximum Gasteiger partial charge on any atom is 0.318 e. The smallest absolute Gasteiger partial charge is 0.318 e. The highest BCUT2D eigenvalue weighted by Crippen LogP contribution is 2.34. The average Bonchev–Trinajstić information content (AvgIpc) is 2.39. The standard InChI is InChI=1S/C12H8N2O5/c15-13(16)9-6-7-12(11(8-9)14(17)18)19-10-4-2-1-3-5-10/h1-8H. The number of nitrogens with zero attached hydrogens (tertiary/aromatic N) is 2. The van der Waals surface area contributed by atoms with Gasteiger partial charge in [-0.05, 0) is 18.2 Å². The summed E-state index contributed by atoms with van der Waals surface area (Å²) in [4.78, 5) is 20.1. The summed E-state index contributed by atoms with van der Waals surface area (Å²) in [5.41, 5.74) is -0.801. The van der Waals surface area contributed by atoms with Crippen molar-refractivity contribution in [2.45, 2.75) is 0 Å². The lowest BCUT2D eigenvalue weighted by atomic mass is 10.2. The van der Waals surface area contributed by atoms with Crippen molar-refractivity contribution in [1.29, 1.82) is 0 Å². The molecule has 19 heavy (non-hydrogen) atoms. The Morgan fingerprint density at radius 1 is 0.895 bits per heavy atom. The predicted octanol–water partition coefficient (Wildman–Crippen LogP) is 3.30. The van der Waals surface area contributed by atoms with Gasteiger partial charge in [0.1, 0.15) is 5.75 Å². The van der Waals surface area contributed by atoms with Gasteiger partial charge in [-0.15, -0.1) is 0 Å². The van der Waals surface area contributed by atoms with Gasteiger partial charge in [0.05, 0.1) is 15.9 Å². The summed E-state index contributed by atoms with van der Waals surface area (Å²) in [7, 11) is 0. The molecule has 0 aliphatic heterocycles. The molecule has 2 aromatic carbocycles. The van der Waals surface area contributed by atoms with E-state index in [0.717, 1.165) is 12.1 Å². The van der Waals surface area contributed by atoms with Gasteiger partial charge in [-0.25, -0.2) is 0 Å². The van der Waals surface area contributed by atoms with Gasteiger partial charge in [0, 0.05) is 6.07 Å². The van der Waals surface area contributed by atoms with Gasteiger partial charge in [-0.1, -0.05) is 18.2 Å². The first-order valence-corrected chi connectivity index (χ1v) is 5.23. The highest BCUT2D eigenvalue weighted by atomic mass is 16.6. The van der Waals surface area contributed by atoms with Gasteiger partial charge in [-0.2, -0.15) is 0 Å². The first kappa shape index (κ1) is 12.5. The zero-order chi connectivity index (χ0) is 13.8. The Morgan fingerprint density at radius 3 is 2.16 bits per heavy atom. The lowest BCUT2D eigenvalue weighted by molar-refractivity contribution is -0.394. The zero-order valence-corrected chi connectivity index (χ0v) is 9.55. The third-order valence-corrected chi connectivity index (χ3v) is 2.32. The highest BCUT2D eigenvalue weighted by Gasteiger charge is 2.20. The van der Waals surface area contributed by atoms with E-state index in [9.17, 15) is 20.2 Å². The number of ether oxygens (including phenoxy) is 1. The molecule has 0 spiro atoms. The fourth-order valence-corrected chi connectivity index (χ4v) is 1.46. The zero-order valence-electron chi connectivity index (χ0n) is 9.55. The van der Waals surface area contributed by atoms with Crippen LogP contribution in [0.4, 0.5) is 11.4 Å². The van der Waals surface area contributed by atoms with Crippen LogP contribution in [0.2, 0.25) is 0 Å². The Labute approximate surface area is 107 Å². The number of benzene rings is 2. The molecular weight excluding hydrogens is 252 g/mol. The molecule has 0 N–H and O–H groups in total. The van der Waals surface area contributed by atoms with Crippen LogP contribution >= 0.6 is 0 Å². The molecule has 7 heteroatoms. The summed E-state index contributed by atoms with van der Waals surface area (Å²) in [6, 6.07) is 11.7. The number of rotatable bonds is 4. The minimum atomic E-state index is -0.717. The number of para-hydroxylation sites is 1. The second-order valence-electron chi connectivity index (χ2n) is 3.58. The molecular formula is C12H8N2O5. The highest BCUT2D eigenvalue weighted by molar-refractivity contribution is 5.54. The number of nitro benzene ring substituents is 2. The van der Waals surface area contributed by atoms with Crippen LogP contribution in [0.5, 0.6) is 11.5 Å². The van der Waals surface area contributed by atoms with Gasteiger partial charge in [0.25, 0.3) is 5.69 Å². The number of hydrogen-bond acceptors (Lipinski definition) is 5. The van der Waals surface area contributed by atoms with E-state index in [4.69, 9.17) is 4.74 Å². The average molecular weight is 260 g/mol. The summed E-state index contributed by atoms with van der Waals surface area (Å²) in [5, 5.41) is 21.5. The molecule has 0 unspecified atom stereocenters. The van der Waals surface area contributed by atoms with E-state index in [2.05, 4.69) is 0 Å². The molecule has 0 atom stereocenters. The van der Waals surface area contributed by atoms with Gasteiger partial charge in [0.2, 0.25) is 5.75 Å². The van der Waals surface area contributed by atoms with E-state index < -0.39 is 15.5 Å². The number of hydrogen-bond donors (Lipinski definition) is 0. The molecule has 0 saturated heterocycles. The lowest BCUT2D eigenvalue weighted by Gasteiger charge is -2.05. The van der Waals surface area contributed by atoms with Gasteiger partial charge in [0.15, 0.2) is 0 Å². The number of non-ortho nitro benzene ring substituents is 1. The van der Waals surface area contributed by atoms with E-state index in [1.54, 1.807) is 30.3 Å². The van der Waals surface area contributed by atoms with Crippen molar-refractivity contribution in [2.75, 3.05) is 0 Å². The summed E-state index contributed by atoms with van der Waals surface area (Å²) in [5.74, 6) is 0.376. The molecule has 0 aliphatic rings. The Morgan fingerprint density at radius 2 is 1.58 bits per heavy atom. The predicted molar refractivity (Wildman–Crippen MR) is 66.3 cm³/mol. The first-order valence-electron chi connectivity index (χ1n) is 5.23.